The Labute approximate surface area is 293 Å². The highest BCUT2D eigenvalue weighted by Crippen LogP contribution is 2.47. The van der Waals surface area contributed by atoms with Gasteiger partial charge in [0.05, 0.1) is 61.0 Å². The summed E-state index contributed by atoms with van der Waals surface area (Å²) in [6.07, 6.45) is 0. The number of fused-ring (bicyclic) bond motifs is 14. The van der Waals surface area contributed by atoms with Crippen LogP contribution in [0.2, 0.25) is 0 Å². The van der Waals surface area contributed by atoms with Crippen molar-refractivity contribution in [3.05, 3.63) is 150 Å². The molecule has 0 amide bonds. The molecule has 0 saturated heterocycles. The van der Waals surface area contributed by atoms with Crippen molar-refractivity contribution in [1.29, 1.82) is 5.26 Å². The Bertz CT molecular complexity index is 3130. The number of nitrogens with zero attached hydrogens (tertiary/aromatic N) is 4. The van der Waals surface area contributed by atoms with Crippen molar-refractivity contribution >= 4 is 112 Å². The van der Waals surface area contributed by atoms with Gasteiger partial charge in [-0.25, -0.2) is 4.85 Å². The highest BCUT2D eigenvalue weighted by atomic mass is 32.1. The van der Waals surface area contributed by atoms with Crippen LogP contribution in [-0.2, 0) is 0 Å². The summed E-state index contributed by atoms with van der Waals surface area (Å²) in [5, 5.41) is 20.3. The molecule has 4 aromatic heterocycles. The van der Waals surface area contributed by atoms with Gasteiger partial charge in [-0.15, -0.1) is 22.7 Å². The SMILES string of the molecule is [C-]#[N+]c1c(-n2c3ccccc3c3ccc4c5ccccc5sc4c32)ccc(-n2c3ccccc3c3ccc4c5ccccc5sc4c32)c1C#N. The molecule has 0 N–H and O–H groups in total. The monoisotopic (exact) mass is 670 g/mol. The maximum atomic E-state index is 11.0. The van der Waals surface area contributed by atoms with Crippen LogP contribution in [0.25, 0.3) is 100 Å². The lowest BCUT2D eigenvalue weighted by Gasteiger charge is -2.16. The highest BCUT2D eigenvalue weighted by Gasteiger charge is 2.25. The zero-order valence-corrected chi connectivity index (χ0v) is 27.9. The molecular formula is C44H22N4S2. The second kappa shape index (κ2) is 10.0. The molecule has 0 atom stereocenters. The lowest BCUT2D eigenvalue weighted by molar-refractivity contribution is 1.15. The number of aromatic nitrogens is 2. The van der Waals surface area contributed by atoms with E-state index in [1.54, 1.807) is 22.7 Å². The molecule has 0 bridgehead atoms. The Balaban J connectivity index is 1.28. The minimum atomic E-state index is 0.347. The minimum absolute atomic E-state index is 0.347. The first-order chi connectivity index (χ1) is 24.7. The van der Waals surface area contributed by atoms with E-state index in [4.69, 9.17) is 6.57 Å². The summed E-state index contributed by atoms with van der Waals surface area (Å²) in [6, 6.07) is 49.3. The van der Waals surface area contributed by atoms with E-state index in [2.05, 4.69) is 129 Å². The van der Waals surface area contributed by atoms with E-state index in [0.717, 1.165) is 43.6 Å². The average molecular weight is 671 g/mol. The molecule has 230 valence electrons. The fourth-order valence-electron chi connectivity index (χ4n) is 8.12. The van der Waals surface area contributed by atoms with Gasteiger partial charge in [0.25, 0.3) is 0 Å². The van der Waals surface area contributed by atoms with Crippen LogP contribution in [0.4, 0.5) is 5.69 Å². The predicted octanol–water partition coefficient (Wildman–Crippen LogP) is 13.0. The maximum absolute atomic E-state index is 11.0. The average Bonchev–Trinajstić information content (AvgIpc) is 3.92. The summed E-state index contributed by atoms with van der Waals surface area (Å²) in [6.45, 7) is 8.61. The molecule has 0 aliphatic heterocycles. The van der Waals surface area contributed by atoms with Crippen molar-refractivity contribution in [3.8, 4) is 17.4 Å². The molecule has 0 saturated carbocycles. The summed E-state index contributed by atoms with van der Waals surface area (Å²) >= 11 is 3.56. The molecule has 4 nitrogen and oxygen atoms in total. The summed E-state index contributed by atoms with van der Waals surface area (Å²) in [7, 11) is 0. The van der Waals surface area contributed by atoms with Gasteiger partial charge >= 0.3 is 0 Å². The molecule has 0 spiro atoms. The van der Waals surface area contributed by atoms with Crippen LogP contribution in [0.1, 0.15) is 5.56 Å². The van der Waals surface area contributed by atoms with Crippen molar-refractivity contribution in [3.63, 3.8) is 0 Å². The zero-order valence-electron chi connectivity index (χ0n) is 26.3. The number of hydrogen-bond donors (Lipinski definition) is 0. The van der Waals surface area contributed by atoms with E-state index in [1.807, 2.05) is 24.3 Å². The van der Waals surface area contributed by atoms with E-state index in [1.165, 1.54) is 40.3 Å². The van der Waals surface area contributed by atoms with Crippen molar-refractivity contribution in [2.45, 2.75) is 0 Å². The Morgan fingerprint density at radius 3 is 1.44 bits per heavy atom. The number of benzene rings is 7. The third-order valence-electron chi connectivity index (χ3n) is 10.2. The maximum Gasteiger partial charge on any atom is 0.230 e. The molecule has 11 aromatic rings. The summed E-state index contributed by atoms with van der Waals surface area (Å²) in [5.74, 6) is 0. The molecule has 0 aliphatic rings. The Kier molecular flexibility index (Phi) is 5.52. The van der Waals surface area contributed by atoms with Crippen LogP contribution in [0.15, 0.2) is 133 Å². The standard InChI is InChI=1S/C44H22N4S2/c1-46-40-33(24-45)36(47-34-14-6-2-10-25(34)29-18-20-31-27-12-4-8-16-38(27)49-43(31)41(29)47)22-23-37(40)48-35-15-7-3-11-26(35)30-19-21-32-28-13-5-9-17-39(28)50-44(32)42(30)48/h2-23H. The molecule has 0 fully saturated rings. The fraction of sp³-hybridized carbons (Fsp3) is 0. The molecule has 7 aromatic carbocycles. The smallest absolute Gasteiger partial charge is 0.230 e. The van der Waals surface area contributed by atoms with E-state index in [9.17, 15) is 5.26 Å². The summed E-state index contributed by atoms with van der Waals surface area (Å²) in [5.41, 5.74) is 6.29. The molecule has 6 heteroatoms. The number of nitriles is 1. The molecule has 11 rings (SSSR count). The van der Waals surface area contributed by atoms with E-state index in [0.29, 0.717) is 22.6 Å². The second-order valence-electron chi connectivity index (χ2n) is 12.6. The fourth-order valence-corrected chi connectivity index (χ4v) is 10.6. The summed E-state index contributed by atoms with van der Waals surface area (Å²) < 4.78 is 9.23. The van der Waals surface area contributed by atoms with Crippen LogP contribution >= 0.6 is 22.7 Å². The van der Waals surface area contributed by atoms with Gasteiger partial charge in [0.2, 0.25) is 5.69 Å². The molecular weight excluding hydrogens is 649 g/mol. The third kappa shape index (κ3) is 3.46. The lowest BCUT2D eigenvalue weighted by atomic mass is 10.1. The van der Waals surface area contributed by atoms with Gasteiger partial charge in [0, 0.05) is 52.5 Å². The van der Waals surface area contributed by atoms with E-state index < -0.39 is 0 Å². The highest BCUT2D eigenvalue weighted by molar-refractivity contribution is 7.27. The lowest BCUT2D eigenvalue weighted by Crippen LogP contribution is -2.02. The number of thiophene rings is 2. The van der Waals surface area contributed by atoms with Gasteiger partial charge in [-0.1, -0.05) is 97.1 Å². The summed E-state index contributed by atoms with van der Waals surface area (Å²) in [4.78, 5) is 4.16. The van der Waals surface area contributed by atoms with Gasteiger partial charge in [-0.3, -0.25) is 0 Å². The van der Waals surface area contributed by atoms with Gasteiger partial charge in [-0.05, 0) is 36.4 Å². The third-order valence-corrected chi connectivity index (χ3v) is 12.6. The second-order valence-corrected chi connectivity index (χ2v) is 14.7. The topological polar surface area (TPSA) is 38.0 Å². The van der Waals surface area contributed by atoms with Crippen molar-refractivity contribution in [2.75, 3.05) is 0 Å². The van der Waals surface area contributed by atoms with Crippen molar-refractivity contribution in [1.82, 2.24) is 9.13 Å². The molecule has 0 aliphatic carbocycles. The van der Waals surface area contributed by atoms with Crippen LogP contribution in [0, 0.1) is 17.9 Å². The van der Waals surface area contributed by atoms with Crippen molar-refractivity contribution in [2.24, 2.45) is 0 Å². The Hall–Kier alpha value is -6.44. The van der Waals surface area contributed by atoms with Crippen LogP contribution in [0.3, 0.4) is 0 Å². The zero-order chi connectivity index (χ0) is 33.1. The van der Waals surface area contributed by atoms with E-state index >= 15 is 0 Å². The molecule has 0 radical (unpaired) electrons. The van der Waals surface area contributed by atoms with Gasteiger partial charge in [-0.2, -0.15) is 5.26 Å². The van der Waals surface area contributed by atoms with Crippen LogP contribution in [-0.4, -0.2) is 9.13 Å². The largest absolute Gasteiger partial charge is 0.318 e. The Morgan fingerprint density at radius 1 is 0.480 bits per heavy atom. The van der Waals surface area contributed by atoms with Crippen LogP contribution < -0.4 is 0 Å². The quantitative estimate of drug-likeness (QED) is 0.169. The number of hydrogen-bond acceptors (Lipinski definition) is 3. The van der Waals surface area contributed by atoms with E-state index in [-0.39, 0.29) is 0 Å². The first-order valence-corrected chi connectivity index (χ1v) is 18.0. The van der Waals surface area contributed by atoms with Gasteiger partial charge < -0.3 is 9.13 Å². The predicted molar refractivity (Wildman–Crippen MR) is 212 cm³/mol. The Morgan fingerprint density at radius 2 is 0.920 bits per heavy atom. The molecule has 50 heavy (non-hydrogen) atoms. The van der Waals surface area contributed by atoms with Crippen LogP contribution in [0.5, 0.6) is 0 Å². The molecule has 0 unspecified atom stereocenters. The van der Waals surface area contributed by atoms with Crippen molar-refractivity contribution < 1.29 is 0 Å². The molecule has 4 heterocycles. The van der Waals surface area contributed by atoms with Gasteiger partial charge in [0.15, 0.2) is 0 Å². The first kappa shape index (κ1) is 27.5. The number of para-hydroxylation sites is 2. The minimum Gasteiger partial charge on any atom is -0.318 e. The van der Waals surface area contributed by atoms with Gasteiger partial charge in [0.1, 0.15) is 0 Å². The normalized spacial score (nSPS) is 12.0. The number of rotatable bonds is 2. The first-order valence-electron chi connectivity index (χ1n) is 16.4.